The van der Waals surface area contributed by atoms with Crippen LogP contribution in [-0.4, -0.2) is 23.5 Å². The fraction of sp³-hybridized carbons (Fsp3) is 0.333. The highest BCUT2D eigenvalue weighted by molar-refractivity contribution is 5.52. The molecule has 68 valence electrons. The predicted octanol–water partition coefficient (Wildman–Crippen LogP) is 0.764. The Hall–Kier alpha value is -1.67. The van der Waals surface area contributed by atoms with Gasteiger partial charge in [0.2, 0.25) is 0 Å². The van der Waals surface area contributed by atoms with Gasteiger partial charge in [-0.3, -0.25) is 0 Å². The van der Waals surface area contributed by atoms with Crippen molar-refractivity contribution >= 4 is 5.87 Å². The summed E-state index contributed by atoms with van der Waals surface area (Å²) in [4.78, 5) is 5.97. The van der Waals surface area contributed by atoms with Gasteiger partial charge in [-0.1, -0.05) is 0 Å². The summed E-state index contributed by atoms with van der Waals surface area (Å²) in [6.07, 6.45) is 3.72. The van der Waals surface area contributed by atoms with Crippen molar-refractivity contribution in [3.05, 3.63) is 30.6 Å². The van der Waals surface area contributed by atoms with Crippen LogP contribution < -0.4 is 5.32 Å². The highest BCUT2D eigenvalue weighted by atomic mass is 16.5. The Morgan fingerprint density at radius 3 is 3.54 bits per heavy atom. The van der Waals surface area contributed by atoms with Gasteiger partial charge in [-0.15, -0.1) is 0 Å². The zero-order valence-electron chi connectivity index (χ0n) is 7.45. The molecule has 2 aliphatic rings. The van der Waals surface area contributed by atoms with Crippen LogP contribution in [0.3, 0.4) is 0 Å². The summed E-state index contributed by atoms with van der Waals surface area (Å²) < 4.78 is 5.30. The number of allylic oxidation sites excluding steroid dienone is 1. The molecular formula is C9H11N3O. The van der Waals surface area contributed by atoms with E-state index in [0.29, 0.717) is 17.8 Å². The van der Waals surface area contributed by atoms with Crippen LogP contribution in [0.2, 0.25) is 0 Å². The van der Waals surface area contributed by atoms with Crippen LogP contribution in [0.1, 0.15) is 6.92 Å². The number of nitrogens with one attached hydrogen (secondary N) is 1. The van der Waals surface area contributed by atoms with Crippen LogP contribution in [-0.2, 0) is 4.74 Å². The number of hydrogen-bond donors (Lipinski definition) is 1. The van der Waals surface area contributed by atoms with E-state index in [4.69, 9.17) is 4.74 Å². The van der Waals surface area contributed by atoms with Crippen LogP contribution in [0.25, 0.3) is 0 Å². The molecule has 0 saturated carbocycles. The second-order valence-electron chi connectivity index (χ2n) is 3.01. The Labute approximate surface area is 76.9 Å². The number of aliphatic imine (C=N–C) groups is 1. The number of hydrogen-bond acceptors (Lipinski definition) is 4. The number of nitrogens with zero attached hydrogens (tertiary/aromatic N) is 2. The largest absolute Gasteiger partial charge is 0.445 e. The molecule has 2 aliphatic heterocycles. The van der Waals surface area contributed by atoms with Crippen molar-refractivity contribution in [1.82, 2.24) is 10.2 Å². The first-order valence-electron chi connectivity index (χ1n) is 4.10. The van der Waals surface area contributed by atoms with Gasteiger partial charge in [0.15, 0.2) is 5.88 Å². The van der Waals surface area contributed by atoms with Crippen LogP contribution in [0.15, 0.2) is 35.6 Å². The van der Waals surface area contributed by atoms with Crippen LogP contribution in [0.5, 0.6) is 0 Å². The van der Waals surface area contributed by atoms with E-state index in [2.05, 4.69) is 22.8 Å². The first-order valence-corrected chi connectivity index (χ1v) is 4.10. The second kappa shape index (κ2) is 2.99. The molecular weight excluding hydrogens is 166 g/mol. The van der Waals surface area contributed by atoms with Crippen molar-refractivity contribution in [2.75, 3.05) is 6.54 Å². The summed E-state index contributed by atoms with van der Waals surface area (Å²) in [5, 5.41) is 3.11. The third-order valence-electron chi connectivity index (χ3n) is 1.81. The smallest absolute Gasteiger partial charge is 0.187 e. The molecule has 1 fully saturated rings. The van der Waals surface area contributed by atoms with Gasteiger partial charge in [0.1, 0.15) is 11.9 Å². The molecule has 0 radical (unpaired) electrons. The Kier molecular flexibility index (Phi) is 1.83. The molecule has 1 unspecified atom stereocenters. The molecule has 0 aromatic heterocycles. The summed E-state index contributed by atoms with van der Waals surface area (Å²) in [5.41, 5.74) is 0. The lowest BCUT2D eigenvalue weighted by atomic mass is 10.6. The Morgan fingerprint density at radius 2 is 2.69 bits per heavy atom. The molecule has 0 aliphatic carbocycles. The molecule has 0 bridgehead atoms. The van der Waals surface area contributed by atoms with Gasteiger partial charge in [0.05, 0.1) is 18.9 Å². The topological polar surface area (TPSA) is 36.6 Å². The molecule has 1 atom stereocenters. The van der Waals surface area contributed by atoms with Crippen molar-refractivity contribution in [3.8, 4) is 0 Å². The van der Waals surface area contributed by atoms with E-state index < -0.39 is 0 Å². The van der Waals surface area contributed by atoms with Crippen molar-refractivity contribution in [3.63, 3.8) is 0 Å². The quantitative estimate of drug-likeness (QED) is 0.555. The zero-order valence-corrected chi connectivity index (χ0v) is 7.45. The van der Waals surface area contributed by atoms with Gasteiger partial charge in [-0.05, 0) is 13.5 Å². The maximum Gasteiger partial charge on any atom is 0.187 e. The van der Waals surface area contributed by atoms with E-state index in [1.54, 1.807) is 6.20 Å². The maximum atomic E-state index is 5.30. The average molecular weight is 177 g/mol. The molecule has 0 amide bonds. The fourth-order valence-corrected chi connectivity index (χ4v) is 1.10. The minimum atomic E-state index is 0.293. The van der Waals surface area contributed by atoms with Crippen molar-refractivity contribution in [2.45, 2.75) is 13.1 Å². The molecule has 0 spiro atoms. The first-order chi connectivity index (χ1) is 6.25. The third kappa shape index (κ3) is 1.92. The van der Waals surface area contributed by atoms with Gasteiger partial charge in [0, 0.05) is 5.87 Å². The van der Waals surface area contributed by atoms with E-state index in [0.717, 1.165) is 6.54 Å². The number of rotatable bonds is 0. The molecule has 2 heterocycles. The van der Waals surface area contributed by atoms with Crippen LogP contribution in [0.4, 0.5) is 0 Å². The monoisotopic (exact) mass is 177 g/mol. The minimum Gasteiger partial charge on any atom is -0.445 e. The van der Waals surface area contributed by atoms with E-state index in [1.165, 1.54) is 0 Å². The summed E-state index contributed by atoms with van der Waals surface area (Å²) >= 11 is 0. The van der Waals surface area contributed by atoms with Crippen molar-refractivity contribution in [2.24, 2.45) is 4.99 Å². The normalized spacial score (nSPS) is 29.6. The van der Waals surface area contributed by atoms with Crippen molar-refractivity contribution in [1.29, 1.82) is 0 Å². The fourth-order valence-electron chi connectivity index (χ4n) is 1.10. The second-order valence-corrected chi connectivity index (χ2v) is 3.01. The third-order valence-corrected chi connectivity index (χ3v) is 1.81. The van der Waals surface area contributed by atoms with Gasteiger partial charge in [-0.25, -0.2) is 4.99 Å². The molecule has 4 nitrogen and oxygen atoms in total. The Bertz CT molecular complexity index is 326. The highest BCUT2D eigenvalue weighted by Crippen LogP contribution is 2.16. The summed E-state index contributed by atoms with van der Waals surface area (Å²) in [7, 11) is 0. The highest BCUT2D eigenvalue weighted by Gasteiger charge is 2.31. The molecule has 4 heteroatoms. The molecule has 0 aromatic rings. The van der Waals surface area contributed by atoms with Gasteiger partial charge < -0.3 is 15.0 Å². The summed E-state index contributed by atoms with van der Waals surface area (Å²) in [5.74, 6) is 4.05. The number of fused-ring (bicyclic) bond motifs is 1. The lowest BCUT2D eigenvalue weighted by molar-refractivity contribution is 0.271. The molecule has 13 heavy (non-hydrogen) atoms. The standard InChI is InChI=1S/C9H11N3O/c1-7-5-10-3-4-12-6-9(12)11-8(2)13-7/h4-5,9,11H,2,6H2,1H3/b7-5+. The lowest BCUT2D eigenvalue weighted by Gasteiger charge is -2.10. The Balaban J connectivity index is 2.16. The molecule has 0 aromatic carbocycles. The van der Waals surface area contributed by atoms with E-state index in [-0.39, 0.29) is 0 Å². The van der Waals surface area contributed by atoms with E-state index in [9.17, 15) is 0 Å². The minimum absolute atomic E-state index is 0.293. The van der Waals surface area contributed by atoms with Gasteiger partial charge in [-0.2, -0.15) is 0 Å². The number of ether oxygens (including phenoxy) is 1. The summed E-state index contributed by atoms with van der Waals surface area (Å²) in [6.45, 7) is 6.51. The van der Waals surface area contributed by atoms with Crippen molar-refractivity contribution < 1.29 is 4.74 Å². The van der Waals surface area contributed by atoms with Gasteiger partial charge >= 0.3 is 0 Å². The predicted molar refractivity (Wildman–Crippen MR) is 49.6 cm³/mol. The summed E-state index contributed by atoms with van der Waals surface area (Å²) in [6, 6.07) is 0. The van der Waals surface area contributed by atoms with Crippen LogP contribution >= 0.6 is 0 Å². The first kappa shape index (κ1) is 7.95. The maximum absolute atomic E-state index is 5.30. The van der Waals surface area contributed by atoms with E-state index >= 15 is 0 Å². The molecule has 2 rings (SSSR count). The van der Waals surface area contributed by atoms with Gasteiger partial charge in [0.25, 0.3) is 0 Å². The molecule has 1 N–H and O–H groups in total. The average Bonchev–Trinajstić information content (AvgIpc) is 2.77. The van der Waals surface area contributed by atoms with Crippen LogP contribution in [0, 0.1) is 0 Å². The SMILES string of the molecule is C=C1NC2CN2C=C=N/C=C(\C)O1. The lowest BCUT2D eigenvalue weighted by Crippen LogP contribution is -2.20. The zero-order chi connectivity index (χ0) is 9.26. The Morgan fingerprint density at radius 1 is 1.85 bits per heavy atom. The van der Waals surface area contributed by atoms with E-state index in [1.807, 2.05) is 18.0 Å². The molecule has 1 saturated heterocycles.